The molecule has 0 spiro atoms. The van der Waals surface area contributed by atoms with Gasteiger partial charge in [0, 0.05) is 14.5 Å². The summed E-state index contributed by atoms with van der Waals surface area (Å²) in [6.07, 6.45) is 1.41. The molecule has 1 N–H and O–H groups in total. The molecule has 0 aliphatic carbocycles. The highest BCUT2D eigenvalue weighted by Gasteiger charge is 2.12. The molecule has 3 rings (SSSR count). The lowest BCUT2D eigenvalue weighted by Crippen LogP contribution is -2.05. The van der Waals surface area contributed by atoms with Gasteiger partial charge in [-0.05, 0) is 47.5 Å². The van der Waals surface area contributed by atoms with Gasteiger partial charge < -0.3 is 19.4 Å². The first-order valence-corrected chi connectivity index (χ1v) is 10.8. The molecular formula is C23H19Br2NO5. The minimum absolute atomic E-state index is 0.313. The number of hydrogen-bond acceptors (Lipinski definition) is 5. The third kappa shape index (κ3) is 7.41. The van der Waals surface area contributed by atoms with Gasteiger partial charge in [0.2, 0.25) is 6.61 Å². The molecule has 0 radical (unpaired) electrons. The Labute approximate surface area is 196 Å². The molecule has 3 aromatic carbocycles. The molecule has 31 heavy (non-hydrogen) atoms. The van der Waals surface area contributed by atoms with Crippen molar-refractivity contribution in [2.24, 2.45) is 5.16 Å². The molecule has 0 aromatic heterocycles. The SMILES string of the molecule is O=C(O)CO/N=C/c1cccc(OCc2cccc(Br)c2)c1OCc1cccc(Br)c1. The summed E-state index contributed by atoms with van der Waals surface area (Å²) in [5.41, 5.74) is 2.57. The smallest absolute Gasteiger partial charge is 0.344 e. The number of rotatable bonds is 10. The zero-order valence-corrected chi connectivity index (χ0v) is 19.5. The van der Waals surface area contributed by atoms with Crippen molar-refractivity contribution in [1.29, 1.82) is 0 Å². The van der Waals surface area contributed by atoms with Gasteiger partial charge in [-0.15, -0.1) is 0 Å². The average Bonchev–Trinajstić information content (AvgIpc) is 2.74. The molecule has 0 fully saturated rings. The van der Waals surface area contributed by atoms with Crippen molar-refractivity contribution in [3.63, 3.8) is 0 Å². The summed E-state index contributed by atoms with van der Waals surface area (Å²) in [7, 11) is 0. The van der Waals surface area contributed by atoms with Crippen LogP contribution in [0.25, 0.3) is 0 Å². The van der Waals surface area contributed by atoms with Gasteiger partial charge >= 0.3 is 5.97 Å². The van der Waals surface area contributed by atoms with Gasteiger partial charge in [-0.1, -0.05) is 67.3 Å². The van der Waals surface area contributed by atoms with E-state index in [1.165, 1.54) is 6.21 Å². The number of nitrogens with zero attached hydrogens (tertiary/aromatic N) is 1. The van der Waals surface area contributed by atoms with Crippen molar-refractivity contribution in [2.75, 3.05) is 6.61 Å². The number of carboxylic acid groups (broad SMARTS) is 1. The van der Waals surface area contributed by atoms with Crippen LogP contribution in [0, 0.1) is 0 Å². The summed E-state index contributed by atoms with van der Waals surface area (Å²) < 4.78 is 14.0. The second kappa shape index (κ2) is 11.5. The van der Waals surface area contributed by atoms with Crippen molar-refractivity contribution >= 4 is 44.0 Å². The molecular weight excluding hydrogens is 530 g/mol. The van der Waals surface area contributed by atoms with Gasteiger partial charge in [0.25, 0.3) is 0 Å². The highest BCUT2D eigenvalue weighted by molar-refractivity contribution is 9.10. The Balaban J connectivity index is 1.81. The number of benzene rings is 3. The zero-order valence-electron chi connectivity index (χ0n) is 16.3. The van der Waals surface area contributed by atoms with Gasteiger partial charge in [0.05, 0.1) is 6.21 Å². The van der Waals surface area contributed by atoms with Crippen molar-refractivity contribution < 1.29 is 24.2 Å². The van der Waals surface area contributed by atoms with Crippen molar-refractivity contribution in [3.8, 4) is 11.5 Å². The fourth-order valence-electron chi connectivity index (χ4n) is 2.66. The van der Waals surface area contributed by atoms with E-state index in [0.717, 1.165) is 20.1 Å². The van der Waals surface area contributed by atoms with Gasteiger partial charge in [0.1, 0.15) is 13.2 Å². The third-order valence-electron chi connectivity index (χ3n) is 4.02. The predicted octanol–water partition coefficient (Wildman–Crippen LogP) is 5.80. The second-order valence-corrected chi connectivity index (χ2v) is 8.24. The Hall–Kier alpha value is -2.84. The number of para-hydroxylation sites is 1. The van der Waals surface area contributed by atoms with Crippen LogP contribution in [0.4, 0.5) is 0 Å². The standard InChI is InChI=1S/C23H19Br2NO5/c24-19-7-1-4-16(10-19)13-29-21-9-3-6-18(12-26-31-15-22(27)28)23(21)30-14-17-5-2-8-20(25)11-17/h1-12H,13-15H2,(H,27,28)/b26-12+. The normalized spacial score (nSPS) is 10.8. The van der Waals surface area contributed by atoms with Crippen LogP contribution in [0.5, 0.6) is 11.5 Å². The largest absolute Gasteiger partial charge is 0.485 e. The topological polar surface area (TPSA) is 77.4 Å². The minimum Gasteiger partial charge on any atom is -0.485 e. The second-order valence-electron chi connectivity index (χ2n) is 6.41. The van der Waals surface area contributed by atoms with Crippen LogP contribution in [0.1, 0.15) is 16.7 Å². The summed E-state index contributed by atoms with van der Waals surface area (Å²) in [4.78, 5) is 15.4. The van der Waals surface area contributed by atoms with E-state index in [4.69, 9.17) is 19.4 Å². The molecule has 0 unspecified atom stereocenters. The first-order valence-electron chi connectivity index (χ1n) is 9.26. The Morgan fingerprint density at radius 1 is 0.903 bits per heavy atom. The van der Waals surface area contributed by atoms with Crippen molar-refractivity contribution in [2.45, 2.75) is 13.2 Å². The summed E-state index contributed by atoms with van der Waals surface area (Å²) >= 11 is 6.92. The Morgan fingerprint density at radius 2 is 1.52 bits per heavy atom. The number of oxime groups is 1. The third-order valence-corrected chi connectivity index (χ3v) is 5.01. The summed E-state index contributed by atoms with van der Waals surface area (Å²) in [6.45, 7) is 0.139. The zero-order chi connectivity index (χ0) is 22.1. The summed E-state index contributed by atoms with van der Waals surface area (Å²) in [6, 6.07) is 21.0. The molecule has 0 aliphatic rings. The predicted molar refractivity (Wildman–Crippen MR) is 125 cm³/mol. The van der Waals surface area contributed by atoms with Crippen LogP contribution in [0.3, 0.4) is 0 Å². The highest BCUT2D eigenvalue weighted by Crippen LogP contribution is 2.32. The fraction of sp³-hybridized carbons (Fsp3) is 0.130. The van der Waals surface area contributed by atoms with Crippen molar-refractivity contribution in [1.82, 2.24) is 0 Å². The van der Waals surface area contributed by atoms with Crippen LogP contribution in [0.15, 0.2) is 80.8 Å². The van der Waals surface area contributed by atoms with Crippen LogP contribution < -0.4 is 9.47 Å². The monoisotopic (exact) mass is 547 g/mol. The molecule has 0 aliphatic heterocycles. The molecule has 0 atom stereocenters. The van der Waals surface area contributed by atoms with E-state index in [9.17, 15) is 4.79 Å². The van der Waals surface area contributed by atoms with E-state index in [2.05, 4.69) is 37.0 Å². The Bertz CT molecular complexity index is 1070. The number of carbonyl (C=O) groups is 1. The molecule has 0 saturated heterocycles. The van der Waals surface area contributed by atoms with Gasteiger partial charge in [-0.25, -0.2) is 4.79 Å². The van der Waals surface area contributed by atoms with E-state index >= 15 is 0 Å². The molecule has 160 valence electrons. The van der Waals surface area contributed by atoms with E-state index in [-0.39, 0.29) is 0 Å². The van der Waals surface area contributed by atoms with E-state index in [1.54, 1.807) is 12.1 Å². The number of ether oxygens (including phenoxy) is 2. The highest BCUT2D eigenvalue weighted by atomic mass is 79.9. The van der Waals surface area contributed by atoms with E-state index in [1.807, 2.05) is 54.6 Å². The van der Waals surface area contributed by atoms with Gasteiger partial charge in [0.15, 0.2) is 11.5 Å². The molecule has 8 heteroatoms. The fourth-order valence-corrected chi connectivity index (χ4v) is 3.55. The number of carboxylic acids is 1. The van der Waals surface area contributed by atoms with Crippen molar-refractivity contribution in [3.05, 3.63) is 92.4 Å². The molecule has 0 amide bonds. The number of aliphatic carboxylic acids is 1. The van der Waals surface area contributed by atoms with Crippen LogP contribution in [-0.4, -0.2) is 23.9 Å². The minimum atomic E-state index is -1.10. The molecule has 0 saturated carbocycles. The first-order chi connectivity index (χ1) is 15.0. The van der Waals surface area contributed by atoms with Crippen LogP contribution >= 0.6 is 31.9 Å². The van der Waals surface area contributed by atoms with Gasteiger partial charge in [-0.2, -0.15) is 0 Å². The number of hydrogen-bond donors (Lipinski definition) is 1. The maximum atomic E-state index is 10.6. The Kier molecular flexibility index (Phi) is 8.49. The average molecular weight is 549 g/mol. The van der Waals surface area contributed by atoms with Gasteiger partial charge in [-0.3, -0.25) is 0 Å². The quantitative estimate of drug-likeness (QED) is 0.256. The van der Waals surface area contributed by atoms with Crippen LogP contribution in [0.2, 0.25) is 0 Å². The summed E-state index contributed by atoms with van der Waals surface area (Å²) in [5.74, 6) is -0.0771. The molecule has 6 nitrogen and oxygen atoms in total. The molecule has 3 aromatic rings. The van der Waals surface area contributed by atoms with E-state index in [0.29, 0.717) is 30.3 Å². The molecule has 0 bridgehead atoms. The lowest BCUT2D eigenvalue weighted by Gasteiger charge is -2.15. The maximum absolute atomic E-state index is 10.6. The Morgan fingerprint density at radius 3 is 2.13 bits per heavy atom. The number of halogens is 2. The lowest BCUT2D eigenvalue weighted by molar-refractivity contribution is -0.142. The summed E-state index contributed by atoms with van der Waals surface area (Å²) in [5, 5.41) is 12.4. The first kappa shape index (κ1) is 22.8. The van der Waals surface area contributed by atoms with Crippen LogP contribution in [-0.2, 0) is 22.8 Å². The lowest BCUT2D eigenvalue weighted by atomic mass is 10.2. The van der Waals surface area contributed by atoms with E-state index < -0.39 is 12.6 Å². The maximum Gasteiger partial charge on any atom is 0.344 e. The molecule has 0 heterocycles.